The van der Waals surface area contributed by atoms with Crippen LogP contribution < -0.4 is 20.4 Å². The first-order valence-corrected chi connectivity index (χ1v) is 12.0. The van der Waals surface area contributed by atoms with E-state index in [0.29, 0.717) is 6.29 Å². The van der Waals surface area contributed by atoms with Crippen LogP contribution >= 0.6 is 0 Å². The van der Waals surface area contributed by atoms with E-state index in [0.717, 1.165) is 4.90 Å². The number of anilines is 2. The number of nitrogens with zero attached hydrogens (tertiary/aromatic N) is 2. The number of carbonyl (C=O) groups excluding carboxylic acids is 7. The zero-order valence-corrected chi connectivity index (χ0v) is 21.4. The highest BCUT2D eigenvalue weighted by molar-refractivity contribution is 6.43. The molecule has 4 amide bonds. The minimum absolute atomic E-state index is 0.105. The summed E-state index contributed by atoms with van der Waals surface area (Å²) in [4.78, 5) is 90.1. The molecule has 0 saturated carbocycles. The molecule has 0 radical (unpaired) electrons. The van der Waals surface area contributed by atoms with Gasteiger partial charge in [-0.25, -0.2) is 0 Å². The lowest BCUT2D eigenvalue weighted by Crippen LogP contribution is -2.56. The Morgan fingerprint density at radius 2 is 1.67 bits per heavy atom. The van der Waals surface area contributed by atoms with Crippen molar-refractivity contribution in [1.29, 1.82) is 0 Å². The van der Waals surface area contributed by atoms with Crippen LogP contribution in [-0.2, 0) is 33.5 Å². The molecule has 2 aromatic carbocycles. The smallest absolute Gasteiger partial charge is 0.293 e. The zero-order valence-electron chi connectivity index (χ0n) is 21.4. The molecule has 1 aliphatic rings. The molecular formula is C27H28N4O8. The summed E-state index contributed by atoms with van der Waals surface area (Å²) in [5.41, 5.74) is 0.554. The predicted molar refractivity (Wildman–Crippen MR) is 139 cm³/mol. The number of Topliss-reactive ketones (excluding diaryl/α,β-unsaturated/α-hetero) is 2. The lowest BCUT2D eigenvalue weighted by Gasteiger charge is -2.25. The Morgan fingerprint density at radius 3 is 2.28 bits per heavy atom. The molecule has 0 aliphatic carbocycles. The first kappa shape index (κ1) is 28.9. The molecule has 0 saturated heterocycles. The first-order chi connectivity index (χ1) is 18.7. The van der Waals surface area contributed by atoms with Gasteiger partial charge in [0, 0.05) is 19.1 Å². The fourth-order valence-corrected chi connectivity index (χ4v) is 4.08. The maximum Gasteiger partial charge on any atom is 0.293 e. The zero-order chi connectivity index (χ0) is 28.5. The molecule has 0 bridgehead atoms. The van der Waals surface area contributed by atoms with Crippen LogP contribution in [0.15, 0.2) is 54.6 Å². The Labute approximate surface area is 224 Å². The van der Waals surface area contributed by atoms with Gasteiger partial charge in [0.05, 0.1) is 24.0 Å². The van der Waals surface area contributed by atoms with Gasteiger partial charge in [0.25, 0.3) is 17.7 Å². The van der Waals surface area contributed by atoms with Crippen molar-refractivity contribution < 1.29 is 38.3 Å². The molecule has 1 heterocycles. The number of rotatable bonds is 11. The average Bonchev–Trinajstić information content (AvgIpc) is 3.03. The van der Waals surface area contributed by atoms with Gasteiger partial charge in [-0.2, -0.15) is 0 Å². The molecule has 2 N–H and O–H groups in total. The minimum Gasteiger partial charge on any atom is -0.375 e. The number of fused-ring (bicyclic) bond motifs is 1. The van der Waals surface area contributed by atoms with Crippen LogP contribution in [0.1, 0.15) is 23.7 Å². The molecule has 0 spiro atoms. The van der Waals surface area contributed by atoms with Gasteiger partial charge in [-0.3, -0.25) is 33.7 Å². The van der Waals surface area contributed by atoms with Crippen molar-refractivity contribution in [2.75, 3.05) is 36.6 Å². The third-order valence-electron chi connectivity index (χ3n) is 5.83. The van der Waals surface area contributed by atoms with Crippen LogP contribution in [0.2, 0.25) is 0 Å². The maximum atomic E-state index is 13.7. The summed E-state index contributed by atoms with van der Waals surface area (Å²) < 4.78 is 4.98. The highest BCUT2D eigenvalue weighted by Crippen LogP contribution is 2.33. The number of ether oxygens (including phenoxy) is 1. The van der Waals surface area contributed by atoms with E-state index in [1.807, 2.05) is 0 Å². The summed E-state index contributed by atoms with van der Waals surface area (Å²) in [5, 5.41) is 4.81. The number of benzene rings is 2. The van der Waals surface area contributed by atoms with Crippen molar-refractivity contribution in [3.05, 3.63) is 60.2 Å². The molecule has 1 aliphatic heterocycles. The van der Waals surface area contributed by atoms with Crippen LogP contribution in [0.5, 0.6) is 0 Å². The fourth-order valence-electron chi connectivity index (χ4n) is 4.08. The van der Waals surface area contributed by atoms with Gasteiger partial charge in [-0.1, -0.05) is 42.5 Å². The topological polar surface area (TPSA) is 159 Å². The minimum atomic E-state index is -1.41. The Balaban J connectivity index is 1.96. The summed E-state index contributed by atoms with van der Waals surface area (Å²) in [6.45, 7) is 0.000209. The number of aldehydes is 1. The van der Waals surface area contributed by atoms with Crippen molar-refractivity contribution in [3.63, 3.8) is 0 Å². The lowest BCUT2D eigenvalue weighted by molar-refractivity contribution is -0.128. The van der Waals surface area contributed by atoms with Crippen molar-refractivity contribution in [3.8, 4) is 0 Å². The molecular weight excluding hydrogens is 508 g/mol. The van der Waals surface area contributed by atoms with Gasteiger partial charge < -0.3 is 25.1 Å². The summed E-state index contributed by atoms with van der Waals surface area (Å²) >= 11 is 0. The van der Waals surface area contributed by atoms with E-state index < -0.39 is 48.0 Å². The van der Waals surface area contributed by atoms with Gasteiger partial charge in [0.15, 0.2) is 0 Å². The van der Waals surface area contributed by atoms with Crippen molar-refractivity contribution in [2.24, 2.45) is 0 Å². The summed E-state index contributed by atoms with van der Waals surface area (Å²) in [7, 11) is 1.33. The number of amides is 4. The summed E-state index contributed by atoms with van der Waals surface area (Å²) in [5.74, 6) is -4.33. The second kappa shape index (κ2) is 13.2. The van der Waals surface area contributed by atoms with Gasteiger partial charge in [0.2, 0.25) is 11.7 Å². The summed E-state index contributed by atoms with van der Waals surface area (Å²) in [6.07, 6.45) is 0.195. The number of ketones is 2. The molecule has 3 rings (SSSR count). The van der Waals surface area contributed by atoms with E-state index in [1.165, 1.54) is 37.1 Å². The first-order valence-electron chi connectivity index (χ1n) is 12.0. The largest absolute Gasteiger partial charge is 0.375 e. The second-order valence-corrected chi connectivity index (χ2v) is 8.79. The molecule has 0 unspecified atom stereocenters. The fraction of sp³-hybridized carbons (Fsp3) is 0.296. The third-order valence-corrected chi connectivity index (χ3v) is 5.83. The Morgan fingerprint density at radius 1 is 1.03 bits per heavy atom. The van der Waals surface area contributed by atoms with E-state index in [1.54, 1.807) is 36.4 Å². The number of methoxy groups -OCH3 is 1. The summed E-state index contributed by atoms with van der Waals surface area (Å²) in [6, 6.07) is 11.5. The van der Waals surface area contributed by atoms with Crippen LogP contribution in [0, 0.1) is 0 Å². The normalized spacial score (nSPS) is 15.4. The van der Waals surface area contributed by atoms with Gasteiger partial charge >= 0.3 is 0 Å². The van der Waals surface area contributed by atoms with E-state index in [9.17, 15) is 33.6 Å². The highest BCUT2D eigenvalue weighted by atomic mass is 16.5. The number of hydrogen-bond acceptors (Lipinski definition) is 8. The van der Waals surface area contributed by atoms with Crippen molar-refractivity contribution in [1.82, 2.24) is 10.6 Å². The van der Waals surface area contributed by atoms with E-state index in [2.05, 4.69) is 10.6 Å². The standard InChI is InChI=1S/C27H28N4O8/c1-17(33)12-19(15-32)28-23(34)14-31-22-11-7-6-10-21(22)30(24(35)16-39-2)13-20(27(31)38)29-26(37)25(36)18-8-4-3-5-9-18/h3-11,15,19-20H,12-14,16H2,1-2H3,(H,28,34)(H,29,37)/t19-,20-/m0/s1. The van der Waals surface area contributed by atoms with E-state index in [4.69, 9.17) is 4.74 Å². The Hall–Kier alpha value is -4.71. The SMILES string of the molecule is COCC(=O)N1C[C@H](NC(=O)C(=O)c2ccccc2)C(=O)N(CC(=O)N[C@H](C=O)CC(C)=O)c2ccccc21. The molecule has 12 heteroatoms. The number of nitrogens with one attached hydrogen (secondary N) is 2. The predicted octanol–water partition coefficient (Wildman–Crippen LogP) is 0.0431. The molecule has 0 aromatic heterocycles. The van der Waals surface area contributed by atoms with Crippen LogP contribution in [0.25, 0.3) is 0 Å². The molecule has 2 atom stereocenters. The number of hydrogen-bond donors (Lipinski definition) is 2. The van der Waals surface area contributed by atoms with Crippen LogP contribution in [-0.4, -0.2) is 80.4 Å². The maximum absolute atomic E-state index is 13.7. The average molecular weight is 537 g/mol. The van der Waals surface area contributed by atoms with Crippen LogP contribution in [0.3, 0.4) is 0 Å². The second-order valence-electron chi connectivity index (χ2n) is 8.79. The Kier molecular flexibility index (Phi) is 9.76. The molecule has 204 valence electrons. The molecule has 2 aromatic rings. The third kappa shape index (κ3) is 7.20. The lowest BCUT2D eigenvalue weighted by atomic mass is 10.1. The monoisotopic (exact) mass is 536 g/mol. The quantitative estimate of drug-likeness (QED) is 0.231. The molecule has 0 fully saturated rings. The highest BCUT2D eigenvalue weighted by Gasteiger charge is 2.38. The van der Waals surface area contributed by atoms with E-state index >= 15 is 0 Å². The number of para-hydroxylation sites is 2. The van der Waals surface area contributed by atoms with Crippen LogP contribution in [0.4, 0.5) is 11.4 Å². The van der Waals surface area contributed by atoms with Crippen molar-refractivity contribution in [2.45, 2.75) is 25.4 Å². The van der Waals surface area contributed by atoms with Crippen molar-refractivity contribution >= 4 is 52.9 Å². The van der Waals surface area contributed by atoms with Gasteiger partial charge in [-0.05, 0) is 19.1 Å². The van der Waals surface area contributed by atoms with E-state index in [-0.39, 0.29) is 42.3 Å². The Bertz CT molecular complexity index is 1280. The molecule has 39 heavy (non-hydrogen) atoms. The van der Waals surface area contributed by atoms with Gasteiger partial charge in [0.1, 0.15) is 31.3 Å². The number of carbonyl (C=O) groups is 7. The molecule has 12 nitrogen and oxygen atoms in total. The van der Waals surface area contributed by atoms with Gasteiger partial charge in [-0.15, -0.1) is 0 Å².